The van der Waals surface area contributed by atoms with Crippen LogP contribution in [0, 0.1) is 0 Å². The third-order valence-corrected chi connectivity index (χ3v) is 5.41. The van der Waals surface area contributed by atoms with Crippen molar-refractivity contribution in [2.45, 2.75) is 19.3 Å². The first-order valence-electron chi connectivity index (χ1n) is 8.67. The number of imidazole rings is 1. The Morgan fingerprint density at radius 1 is 1.15 bits per heavy atom. The van der Waals surface area contributed by atoms with E-state index in [2.05, 4.69) is 15.6 Å². The first-order chi connectivity index (χ1) is 13.3. The van der Waals surface area contributed by atoms with Gasteiger partial charge in [-0.2, -0.15) is 0 Å². The third kappa shape index (κ3) is 3.60. The summed E-state index contributed by atoms with van der Waals surface area (Å²) in [7, 11) is 1.72. The molecule has 0 saturated carbocycles. The van der Waals surface area contributed by atoms with Crippen LogP contribution >= 0.6 is 11.3 Å². The van der Waals surface area contributed by atoms with Gasteiger partial charge >= 0.3 is 0 Å². The molecule has 3 aromatic heterocycles. The molecule has 5 nitrogen and oxygen atoms in total. The Morgan fingerprint density at radius 2 is 2.00 bits per heavy atom. The van der Waals surface area contributed by atoms with Crippen LogP contribution in [0.25, 0.3) is 22.7 Å². The summed E-state index contributed by atoms with van der Waals surface area (Å²) in [6.45, 7) is 0.478. The van der Waals surface area contributed by atoms with Gasteiger partial charge < -0.3 is 18.8 Å². The largest absolute Gasteiger partial charge is 0.457 e. The van der Waals surface area contributed by atoms with Gasteiger partial charge in [-0.15, -0.1) is 11.3 Å². The standard InChI is InChI=1S/C21H20N2O3S/c1-25-18(19-8-5-11-27-19)12-23-14-22-20(15-6-3-2-4-7-15)21(23)17-10-9-16(13-24)26-17/h2-11,14,18,24H,12-13H2,1H3/t18-/m1/s1. The van der Waals surface area contributed by atoms with E-state index < -0.39 is 0 Å². The molecule has 0 aliphatic carbocycles. The first-order valence-corrected chi connectivity index (χ1v) is 9.54. The molecule has 138 valence electrons. The van der Waals surface area contributed by atoms with E-state index in [0.717, 1.165) is 21.8 Å². The number of benzene rings is 1. The van der Waals surface area contributed by atoms with E-state index in [9.17, 15) is 5.11 Å². The summed E-state index contributed by atoms with van der Waals surface area (Å²) < 4.78 is 13.6. The summed E-state index contributed by atoms with van der Waals surface area (Å²) >= 11 is 1.67. The minimum Gasteiger partial charge on any atom is -0.457 e. The third-order valence-electron chi connectivity index (χ3n) is 4.44. The molecule has 6 heteroatoms. The smallest absolute Gasteiger partial charge is 0.153 e. The van der Waals surface area contributed by atoms with Crippen molar-refractivity contribution in [1.29, 1.82) is 0 Å². The molecule has 1 N–H and O–H groups in total. The van der Waals surface area contributed by atoms with Gasteiger partial charge in [0.15, 0.2) is 5.76 Å². The Hall–Kier alpha value is -2.67. The quantitative estimate of drug-likeness (QED) is 0.502. The van der Waals surface area contributed by atoms with Crippen molar-refractivity contribution in [2.75, 3.05) is 7.11 Å². The van der Waals surface area contributed by atoms with Gasteiger partial charge in [0.2, 0.25) is 0 Å². The molecule has 0 aliphatic heterocycles. The minimum atomic E-state index is -0.134. The number of thiophene rings is 1. The lowest BCUT2D eigenvalue weighted by atomic mass is 10.1. The highest BCUT2D eigenvalue weighted by Gasteiger charge is 2.21. The number of hydrogen-bond acceptors (Lipinski definition) is 5. The number of furan rings is 1. The van der Waals surface area contributed by atoms with Crippen LogP contribution in [0.4, 0.5) is 0 Å². The molecule has 0 unspecified atom stereocenters. The topological polar surface area (TPSA) is 60.4 Å². The number of rotatable bonds is 7. The van der Waals surface area contributed by atoms with Crippen LogP contribution in [0.15, 0.2) is 70.7 Å². The lowest BCUT2D eigenvalue weighted by Gasteiger charge is -2.16. The molecule has 1 atom stereocenters. The van der Waals surface area contributed by atoms with E-state index in [1.54, 1.807) is 24.5 Å². The molecular formula is C21H20N2O3S. The number of aromatic nitrogens is 2. The van der Waals surface area contributed by atoms with Crippen LogP contribution in [-0.2, 0) is 17.9 Å². The number of methoxy groups -OCH3 is 1. The Morgan fingerprint density at radius 3 is 2.67 bits per heavy atom. The second-order valence-electron chi connectivity index (χ2n) is 6.12. The second-order valence-corrected chi connectivity index (χ2v) is 7.10. The van der Waals surface area contributed by atoms with Crippen LogP contribution in [0.1, 0.15) is 16.7 Å². The molecule has 4 rings (SSSR count). The highest BCUT2D eigenvalue weighted by atomic mass is 32.1. The molecule has 0 aliphatic rings. The van der Waals surface area contributed by atoms with Crippen molar-refractivity contribution in [3.8, 4) is 22.7 Å². The number of nitrogens with zero attached hydrogens (tertiary/aromatic N) is 2. The fourth-order valence-corrected chi connectivity index (χ4v) is 3.90. The fraction of sp³-hybridized carbons (Fsp3) is 0.190. The second kappa shape index (κ2) is 7.92. The zero-order valence-corrected chi connectivity index (χ0v) is 15.7. The van der Waals surface area contributed by atoms with Gasteiger partial charge in [-0.05, 0) is 23.6 Å². The molecular weight excluding hydrogens is 360 g/mol. The summed E-state index contributed by atoms with van der Waals surface area (Å²) in [5.41, 5.74) is 2.73. The Kier molecular flexibility index (Phi) is 5.20. The predicted molar refractivity (Wildman–Crippen MR) is 105 cm³/mol. The summed E-state index contributed by atoms with van der Waals surface area (Å²) in [5, 5.41) is 11.4. The van der Waals surface area contributed by atoms with Crippen LogP contribution in [0.5, 0.6) is 0 Å². The zero-order chi connectivity index (χ0) is 18.6. The monoisotopic (exact) mass is 380 g/mol. The highest BCUT2D eigenvalue weighted by Crippen LogP contribution is 2.34. The van der Waals surface area contributed by atoms with Crippen LogP contribution in [-0.4, -0.2) is 21.8 Å². The van der Waals surface area contributed by atoms with Gasteiger partial charge in [0.05, 0.1) is 18.6 Å². The van der Waals surface area contributed by atoms with Gasteiger partial charge in [0, 0.05) is 17.6 Å². The zero-order valence-electron chi connectivity index (χ0n) is 14.9. The van der Waals surface area contributed by atoms with Crippen molar-refractivity contribution >= 4 is 11.3 Å². The lowest BCUT2D eigenvalue weighted by Crippen LogP contribution is -2.10. The maximum Gasteiger partial charge on any atom is 0.153 e. The Labute approximate surface area is 161 Å². The lowest BCUT2D eigenvalue weighted by molar-refractivity contribution is 0.0910. The normalized spacial score (nSPS) is 12.4. The summed E-state index contributed by atoms with van der Waals surface area (Å²) in [6.07, 6.45) is 1.74. The van der Waals surface area contributed by atoms with Crippen LogP contribution in [0.2, 0.25) is 0 Å². The van der Waals surface area contributed by atoms with Gasteiger partial charge in [0.1, 0.15) is 24.2 Å². The average Bonchev–Trinajstić information content (AvgIpc) is 3.46. The SMILES string of the molecule is CO[C@H](Cn1cnc(-c2ccccc2)c1-c1ccc(CO)o1)c1cccs1. The average molecular weight is 380 g/mol. The summed E-state index contributed by atoms with van der Waals surface area (Å²) in [6, 6.07) is 17.8. The van der Waals surface area contributed by atoms with E-state index in [1.165, 1.54) is 0 Å². The molecule has 4 aromatic rings. The van der Waals surface area contributed by atoms with Gasteiger partial charge in [-0.25, -0.2) is 4.98 Å². The van der Waals surface area contributed by atoms with Crippen molar-refractivity contribution in [3.05, 3.63) is 76.9 Å². The number of hydrogen-bond donors (Lipinski definition) is 1. The number of aliphatic hydroxyl groups excluding tert-OH is 1. The molecule has 0 fully saturated rings. The Balaban J connectivity index is 1.78. The van der Waals surface area contributed by atoms with Gasteiger partial charge in [0.25, 0.3) is 0 Å². The maximum absolute atomic E-state index is 9.38. The molecule has 0 saturated heterocycles. The van der Waals surface area contributed by atoms with Crippen LogP contribution in [0.3, 0.4) is 0 Å². The van der Waals surface area contributed by atoms with Gasteiger partial charge in [-0.1, -0.05) is 36.4 Å². The van der Waals surface area contributed by atoms with E-state index in [-0.39, 0.29) is 12.7 Å². The predicted octanol–water partition coefficient (Wildman–Crippen LogP) is 4.75. The van der Waals surface area contributed by atoms with Crippen molar-refractivity contribution < 1.29 is 14.3 Å². The highest BCUT2D eigenvalue weighted by molar-refractivity contribution is 7.10. The van der Waals surface area contributed by atoms with Crippen LogP contribution < -0.4 is 0 Å². The summed E-state index contributed by atoms with van der Waals surface area (Å²) in [4.78, 5) is 5.82. The van der Waals surface area contributed by atoms with Gasteiger partial charge in [-0.3, -0.25) is 0 Å². The van der Waals surface area contributed by atoms with E-state index >= 15 is 0 Å². The molecule has 0 bridgehead atoms. The maximum atomic E-state index is 9.38. The molecule has 0 amide bonds. The van der Waals surface area contributed by atoms with Crippen molar-refractivity contribution in [2.24, 2.45) is 0 Å². The number of ether oxygens (including phenoxy) is 1. The fourth-order valence-electron chi connectivity index (χ4n) is 3.11. The molecule has 27 heavy (non-hydrogen) atoms. The molecule has 3 heterocycles. The molecule has 0 radical (unpaired) electrons. The van der Waals surface area contributed by atoms with Crippen molar-refractivity contribution in [1.82, 2.24) is 9.55 Å². The molecule has 1 aromatic carbocycles. The number of aliphatic hydroxyl groups is 1. The van der Waals surface area contributed by atoms with Crippen molar-refractivity contribution in [3.63, 3.8) is 0 Å². The summed E-state index contributed by atoms with van der Waals surface area (Å²) in [5.74, 6) is 1.20. The first kappa shape index (κ1) is 17.7. The van der Waals surface area contributed by atoms with E-state index in [4.69, 9.17) is 9.15 Å². The minimum absolute atomic E-state index is 0.0751. The Bertz CT molecular complexity index is 990. The van der Waals surface area contributed by atoms with E-state index in [1.807, 2.05) is 54.2 Å². The van der Waals surface area contributed by atoms with E-state index in [0.29, 0.717) is 18.1 Å². The molecule has 0 spiro atoms.